The summed E-state index contributed by atoms with van der Waals surface area (Å²) in [7, 11) is 0. The summed E-state index contributed by atoms with van der Waals surface area (Å²) in [6.07, 6.45) is 0.344. The zero-order valence-electron chi connectivity index (χ0n) is 16.9. The predicted octanol–water partition coefficient (Wildman–Crippen LogP) is 4.82. The van der Waals surface area contributed by atoms with Crippen LogP contribution in [0.25, 0.3) is 11.5 Å². The van der Waals surface area contributed by atoms with Gasteiger partial charge in [0.25, 0.3) is 5.91 Å². The average Bonchev–Trinajstić information content (AvgIpc) is 3.42. The minimum Gasteiger partial charge on any atom is -0.441 e. The number of carbonyl (C=O) groups is 2. The fourth-order valence-corrected chi connectivity index (χ4v) is 3.73. The van der Waals surface area contributed by atoms with Crippen LogP contribution in [-0.2, 0) is 17.8 Å². The van der Waals surface area contributed by atoms with Gasteiger partial charge in [-0.15, -0.1) is 0 Å². The van der Waals surface area contributed by atoms with Crippen LogP contribution in [0.5, 0.6) is 0 Å². The first-order valence-electron chi connectivity index (χ1n) is 9.79. The molecule has 2 amide bonds. The van der Waals surface area contributed by atoms with Gasteiger partial charge in [-0.2, -0.15) is 11.3 Å². The van der Waals surface area contributed by atoms with Crippen LogP contribution in [0.1, 0.15) is 27.4 Å². The van der Waals surface area contributed by atoms with Crippen molar-refractivity contribution in [3.05, 3.63) is 94.0 Å². The number of thiophene rings is 1. The molecule has 4 rings (SSSR count). The monoisotopic (exact) mass is 431 g/mol. The minimum atomic E-state index is -0.185. The summed E-state index contributed by atoms with van der Waals surface area (Å²) in [4.78, 5) is 29.1. The molecule has 0 aliphatic rings. The molecule has 0 saturated heterocycles. The van der Waals surface area contributed by atoms with Crippen molar-refractivity contribution in [1.82, 2.24) is 10.3 Å². The van der Waals surface area contributed by atoms with Crippen molar-refractivity contribution in [3.63, 3.8) is 0 Å². The largest absolute Gasteiger partial charge is 0.441 e. The van der Waals surface area contributed by atoms with Crippen LogP contribution in [0.2, 0.25) is 0 Å². The molecule has 0 fully saturated rings. The van der Waals surface area contributed by atoms with E-state index in [1.54, 1.807) is 23.5 Å². The maximum absolute atomic E-state index is 12.4. The maximum atomic E-state index is 12.4. The lowest BCUT2D eigenvalue weighted by Crippen LogP contribution is -2.24. The molecule has 2 aromatic heterocycles. The zero-order chi connectivity index (χ0) is 21.6. The highest BCUT2D eigenvalue weighted by atomic mass is 32.1. The van der Waals surface area contributed by atoms with E-state index in [1.807, 2.05) is 66.2 Å². The summed E-state index contributed by atoms with van der Waals surface area (Å²) in [5.74, 6) is 0.836. The third kappa shape index (κ3) is 5.26. The third-order valence-corrected chi connectivity index (χ3v) is 5.43. The van der Waals surface area contributed by atoms with Crippen LogP contribution >= 0.6 is 11.3 Å². The van der Waals surface area contributed by atoms with E-state index in [1.165, 1.54) is 0 Å². The summed E-state index contributed by atoms with van der Waals surface area (Å²) < 4.78 is 5.81. The van der Waals surface area contributed by atoms with Gasteiger partial charge in [-0.1, -0.05) is 24.3 Å². The number of benzene rings is 2. The average molecular weight is 432 g/mol. The smallest absolute Gasteiger partial charge is 0.255 e. The first-order chi connectivity index (χ1) is 15.1. The molecule has 2 heterocycles. The second-order valence-corrected chi connectivity index (χ2v) is 7.79. The number of amides is 2. The number of hydrogen-bond acceptors (Lipinski definition) is 5. The van der Waals surface area contributed by atoms with Gasteiger partial charge in [0.1, 0.15) is 11.5 Å². The number of aromatic nitrogens is 1. The maximum Gasteiger partial charge on any atom is 0.255 e. The molecule has 4 aromatic rings. The molecule has 0 unspecified atom stereocenters. The molecule has 6 nitrogen and oxygen atoms in total. The topological polar surface area (TPSA) is 84.2 Å². The van der Waals surface area contributed by atoms with Crippen molar-refractivity contribution in [2.24, 2.45) is 0 Å². The van der Waals surface area contributed by atoms with Gasteiger partial charge in [-0.3, -0.25) is 9.59 Å². The Morgan fingerprint density at radius 3 is 2.68 bits per heavy atom. The Hall–Kier alpha value is -3.71. The normalized spacial score (nSPS) is 10.6. The second-order valence-electron chi connectivity index (χ2n) is 7.01. The standard InChI is InChI=1S/C24H21N3O3S/c1-16-21(14-25-22(28)12-17-10-11-31-15-17)27-24(30-16)19-8-5-9-20(13-19)26-23(29)18-6-3-2-4-7-18/h2-11,13,15H,12,14H2,1H3,(H,25,28)(H,26,29). The van der Waals surface area contributed by atoms with Gasteiger partial charge in [-0.25, -0.2) is 4.98 Å². The van der Waals surface area contributed by atoms with Crippen LogP contribution < -0.4 is 10.6 Å². The van der Waals surface area contributed by atoms with Crippen LogP contribution in [0.3, 0.4) is 0 Å². The van der Waals surface area contributed by atoms with E-state index in [4.69, 9.17) is 4.42 Å². The molecule has 0 aliphatic carbocycles. The molecule has 2 aromatic carbocycles. The Bertz CT molecular complexity index is 1180. The number of nitrogens with one attached hydrogen (secondary N) is 2. The van der Waals surface area contributed by atoms with Crippen LogP contribution in [0.4, 0.5) is 5.69 Å². The third-order valence-electron chi connectivity index (χ3n) is 4.69. The fraction of sp³-hybridized carbons (Fsp3) is 0.125. The fourth-order valence-electron chi connectivity index (χ4n) is 3.06. The molecular formula is C24H21N3O3S. The Labute approximate surface area is 184 Å². The van der Waals surface area contributed by atoms with Gasteiger partial charge >= 0.3 is 0 Å². The Morgan fingerprint density at radius 2 is 1.90 bits per heavy atom. The predicted molar refractivity (Wildman–Crippen MR) is 121 cm³/mol. The minimum absolute atomic E-state index is 0.0621. The van der Waals surface area contributed by atoms with Crippen molar-refractivity contribution in [1.29, 1.82) is 0 Å². The molecule has 0 bridgehead atoms. The van der Waals surface area contributed by atoms with Gasteiger partial charge in [0.2, 0.25) is 11.8 Å². The van der Waals surface area contributed by atoms with Gasteiger partial charge < -0.3 is 15.1 Å². The Kier molecular flexibility index (Phi) is 6.24. The SMILES string of the molecule is Cc1oc(-c2cccc(NC(=O)c3ccccc3)c2)nc1CNC(=O)Cc1ccsc1. The number of carbonyl (C=O) groups excluding carboxylic acids is 2. The molecule has 0 spiro atoms. The molecule has 0 radical (unpaired) electrons. The highest BCUT2D eigenvalue weighted by Crippen LogP contribution is 2.24. The van der Waals surface area contributed by atoms with Gasteiger partial charge in [0.15, 0.2) is 0 Å². The molecule has 2 N–H and O–H groups in total. The Balaban J connectivity index is 1.42. The first kappa shape index (κ1) is 20.6. The quantitative estimate of drug-likeness (QED) is 0.439. The summed E-state index contributed by atoms with van der Waals surface area (Å²) in [6, 6.07) is 18.3. The van der Waals surface area contributed by atoms with E-state index in [2.05, 4.69) is 15.6 Å². The lowest BCUT2D eigenvalue weighted by molar-refractivity contribution is -0.120. The van der Waals surface area contributed by atoms with E-state index in [0.29, 0.717) is 41.6 Å². The number of aryl methyl sites for hydroxylation is 1. The van der Waals surface area contributed by atoms with Gasteiger partial charge in [0.05, 0.1) is 13.0 Å². The van der Waals surface area contributed by atoms with Crippen molar-refractivity contribution >= 4 is 28.8 Å². The number of hydrogen-bond donors (Lipinski definition) is 2. The Morgan fingerprint density at radius 1 is 1.06 bits per heavy atom. The molecule has 7 heteroatoms. The number of anilines is 1. The van der Waals surface area contributed by atoms with Crippen LogP contribution in [0, 0.1) is 6.92 Å². The molecular weight excluding hydrogens is 410 g/mol. The van der Waals surface area contributed by atoms with E-state index in [-0.39, 0.29) is 11.8 Å². The van der Waals surface area contributed by atoms with Crippen molar-refractivity contribution in [2.45, 2.75) is 19.9 Å². The van der Waals surface area contributed by atoms with Crippen molar-refractivity contribution in [3.8, 4) is 11.5 Å². The summed E-state index contributed by atoms with van der Waals surface area (Å²) in [5, 5.41) is 9.68. The highest BCUT2D eigenvalue weighted by molar-refractivity contribution is 7.08. The molecule has 0 saturated carbocycles. The number of oxazole rings is 1. The summed E-state index contributed by atoms with van der Waals surface area (Å²) in [6.45, 7) is 2.11. The van der Waals surface area contributed by atoms with E-state index in [0.717, 1.165) is 11.1 Å². The first-order valence-corrected chi connectivity index (χ1v) is 10.7. The van der Waals surface area contributed by atoms with Gasteiger partial charge in [0, 0.05) is 16.8 Å². The van der Waals surface area contributed by atoms with Crippen molar-refractivity contribution < 1.29 is 14.0 Å². The van der Waals surface area contributed by atoms with Crippen LogP contribution in [-0.4, -0.2) is 16.8 Å². The lowest BCUT2D eigenvalue weighted by Gasteiger charge is -2.06. The van der Waals surface area contributed by atoms with Crippen LogP contribution in [0.15, 0.2) is 75.8 Å². The second kappa shape index (κ2) is 9.40. The number of rotatable bonds is 7. The molecule has 156 valence electrons. The summed E-state index contributed by atoms with van der Waals surface area (Å²) in [5.41, 5.74) is 3.64. The number of nitrogens with zero attached hydrogens (tertiary/aromatic N) is 1. The van der Waals surface area contributed by atoms with Crippen molar-refractivity contribution in [2.75, 3.05) is 5.32 Å². The molecule has 0 aliphatic heterocycles. The summed E-state index contributed by atoms with van der Waals surface area (Å²) >= 11 is 1.57. The molecule has 31 heavy (non-hydrogen) atoms. The zero-order valence-corrected chi connectivity index (χ0v) is 17.7. The van der Waals surface area contributed by atoms with Gasteiger partial charge in [-0.05, 0) is 59.6 Å². The van der Waals surface area contributed by atoms with E-state index in [9.17, 15) is 9.59 Å². The van der Waals surface area contributed by atoms with E-state index < -0.39 is 0 Å². The highest BCUT2D eigenvalue weighted by Gasteiger charge is 2.14. The van der Waals surface area contributed by atoms with E-state index >= 15 is 0 Å². The lowest BCUT2D eigenvalue weighted by atomic mass is 10.1. The molecule has 0 atom stereocenters.